The van der Waals surface area contributed by atoms with Crippen molar-refractivity contribution in [2.75, 3.05) is 41.4 Å². The number of halogens is 1. The maximum absolute atomic E-state index is 13.4. The first kappa shape index (κ1) is 24.3. The van der Waals surface area contributed by atoms with Crippen molar-refractivity contribution in [2.24, 2.45) is 0 Å². The number of aliphatic carboxylic acids is 2. The van der Waals surface area contributed by atoms with Crippen molar-refractivity contribution < 1.29 is 29.0 Å². The number of carboxylic acid groups (broad SMARTS) is 2. The topological polar surface area (TPSA) is 203 Å². The van der Waals surface area contributed by atoms with E-state index in [1.54, 1.807) is 24.1 Å². The van der Waals surface area contributed by atoms with E-state index in [1.807, 2.05) is 0 Å². The third-order valence-corrected chi connectivity index (χ3v) is 5.32. The van der Waals surface area contributed by atoms with E-state index < -0.39 is 36.5 Å². The van der Waals surface area contributed by atoms with Crippen molar-refractivity contribution in [3.05, 3.63) is 40.2 Å². The molecule has 3 atom stereocenters. The van der Waals surface area contributed by atoms with Crippen LogP contribution >= 0.6 is 0 Å². The molecule has 1 aliphatic rings. The zero-order chi connectivity index (χ0) is 25.0. The van der Waals surface area contributed by atoms with E-state index in [2.05, 4.69) is 25.9 Å². The Labute approximate surface area is 192 Å². The number of carboxylic acids is 2. The quantitative estimate of drug-likeness (QED) is 0.250. The van der Waals surface area contributed by atoms with E-state index in [1.165, 1.54) is 12.1 Å². The van der Waals surface area contributed by atoms with E-state index in [-0.39, 0.29) is 23.1 Å². The number of anilines is 4. The van der Waals surface area contributed by atoms with Gasteiger partial charge in [-0.1, -0.05) is 0 Å². The molecule has 13 nitrogen and oxygen atoms in total. The number of benzene rings is 1. The van der Waals surface area contributed by atoms with Crippen molar-refractivity contribution in [1.82, 2.24) is 15.3 Å². The lowest BCUT2D eigenvalue weighted by molar-refractivity contribution is -0.145. The van der Waals surface area contributed by atoms with Crippen LogP contribution in [0.15, 0.2) is 29.1 Å². The summed E-state index contributed by atoms with van der Waals surface area (Å²) in [4.78, 5) is 54.7. The van der Waals surface area contributed by atoms with Crippen LogP contribution in [0.1, 0.15) is 16.8 Å². The third kappa shape index (κ3) is 5.51. The smallest absolute Gasteiger partial charge is 0.338 e. The summed E-state index contributed by atoms with van der Waals surface area (Å²) < 4.78 is 13.4. The number of nitrogens with one attached hydrogen (secondary N) is 4. The van der Waals surface area contributed by atoms with Crippen molar-refractivity contribution in [2.45, 2.75) is 24.7 Å². The highest BCUT2D eigenvalue weighted by Crippen LogP contribution is 2.25. The molecule has 14 heteroatoms. The first-order chi connectivity index (χ1) is 16.1. The second-order valence-corrected chi connectivity index (χ2v) is 7.66. The molecule has 1 aliphatic heterocycles. The van der Waals surface area contributed by atoms with E-state index in [9.17, 15) is 23.6 Å². The maximum Gasteiger partial charge on any atom is 0.338 e. The van der Waals surface area contributed by atoms with Crippen LogP contribution < -0.4 is 32.1 Å². The lowest BCUT2D eigenvalue weighted by Gasteiger charge is -2.35. The molecule has 182 valence electrons. The van der Waals surface area contributed by atoms with E-state index in [0.29, 0.717) is 30.3 Å². The van der Waals surface area contributed by atoms with Gasteiger partial charge in [-0.05, 0) is 24.3 Å². The first-order valence-corrected chi connectivity index (χ1v) is 10.2. The van der Waals surface area contributed by atoms with Crippen molar-refractivity contribution in [1.29, 1.82) is 0 Å². The monoisotopic (exact) mass is 477 g/mol. The van der Waals surface area contributed by atoms with Crippen LogP contribution in [0.2, 0.25) is 0 Å². The first-order valence-electron chi connectivity index (χ1n) is 10.2. The molecule has 1 aromatic carbocycles. The summed E-state index contributed by atoms with van der Waals surface area (Å²) in [6.45, 7) is 0.932. The molecule has 0 aliphatic carbocycles. The van der Waals surface area contributed by atoms with E-state index in [4.69, 9.17) is 15.9 Å². The molecular weight excluding hydrogens is 453 g/mol. The van der Waals surface area contributed by atoms with Crippen molar-refractivity contribution >= 4 is 41.0 Å². The number of carbonyl (C=O) groups is 3. The molecule has 0 radical (unpaired) electrons. The number of nitrogens with zero attached hydrogens (tertiary/aromatic N) is 2. The number of amides is 1. The Kier molecular flexibility index (Phi) is 7.18. The molecule has 0 fully saturated rings. The molecule has 2 aromatic rings. The molecule has 1 amide bonds. The number of nitrogens with two attached hydrogens (primary N) is 1. The Morgan fingerprint density at radius 3 is 2.56 bits per heavy atom. The number of likely N-dealkylation sites (N-methyl/N-ethyl adjacent to an activating group) is 1. The molecule has 34 heavy (non-hydrogen) atoms. The number of aromatic nitrogens is 2. The van der Waals surface area contributed by atoms with Gasteiger partial charge in [-0.3, -0.25) is 14.6 Å². The minimum absolute atomic E-state index is 0.0198. The molecular formula is C20H24FN7O6. The van der Waals surface area contributed by atoms with Crippen LogP contribution in [0.3, 0.4) is 0 Å². The minimum Gasteiger partial charge on any atom is -0.480 e. The fourth-order valence-corrected chi connectivity index (χ4v) is 3.42. The highest BCUT2D eigenvalue weighted by Gasteiger charge is 2.29. The molecule has 8 N–H and O–H groups in total. The number of H-pyrrole nitrogens is 1. The number of nitrogen functional groups attached to an aromatic ring is 1. The van der Waals surface area contributed by atoms with Crippen LogP contribution in [0.25, 0.3) is 0 Å². The number of alkyl halides is 1. The average Bonchev–Trinajstić information content (AvgIpc) is 2.77. The molecule has 1 unspecified atom stereocenters. The van der Waals surface area contributed by atoms with Gasteiger partial charge in [0.25, 0.3) is 11.5 Å². The molecule has 1 aromatic heterocycles. The second-order valence-electron chi connectivity index (χ2n) is 7.66. The van der Waals surface area contributed by atoms with Gasteiger partial charge in [0.15, 0.2) is 12.0 Å². The van der Waals surface area contributed by atoms with Gasteiger partial charge in [-0.25, -0.2) is 14.0 Å². The lowest BCUT2D eigenvalue weighted by atomic mass is 10.1. The van der Waals surface area contributed by atoms with Gasteiger partial charge < -0.3 is 36.8 Å². The van der Waals surface area contributed by atoms with Crippen LogP contribution in [0, 0.1) is 0 Å². The van der Waals surface area contributed by atoms with E-state index in [0.717, 1.165) is 0 Å². The second kappa shape index (κ2) is 10.1. The summed E-state index contributed by atoms with van der Waals surface area (Å²) in [6, 6.07) is 4.27. The number of hydrogen-bond acceptors (Lipinski definition) is 9. The highest BCUT2D eigenvalue weighted by atomic mass is 19.1. The summed E-state index contributed by atoms with van der Waals surface area (Å²) in [7, 11) is 1.76. The summed E-state index contributed by atoms with van der Waals surface area (Å²) in [5, 5.41) is 26.1. The van der Waals surface area contributed by atoms with Crippen LogP contribution in [-0.2, 0) is 9.59 Å². The summed E-state index contributed by atoms with van der Waals surface area (Å²) in [6.07, 6.45) is -3.32. The van der Waals surface area contributed by atoms with E-state index >= 15 is 0 Å². The van der Waals surface area contributed by atoms with Gasteiger partial charge in [-0.2, -0.15) is 4.98 Å². The van der Waals surface area contributed by atoms with Crippen molar-refractivity contribution in [3.63, 3.8) is 0 Å². The SMILES string of the molecule is CN1c2c(nc(N)[nH]c2=O)NC[C@@H]1CNc1ccc(C(=O)N[C@@H](CC(F)C(=O)O)C(=O)O)cc1. The van der Waals surface area contributed by atoms with Gasteiger partial charge in [-0.15, -0.1) is 0 Å². The van der Waals surface area contributed by atoms with Crippen LogP contribution in [-0.4, -0.2) is 76.4 Å². The average molecular weight is 477 g/mol. The Hall–Kier alpha value is -4.36. The fourth-order valence-electron chi connectivity index (χ4n) is 3.42. The fraction of sp³-hybridized carbons (Fsp3) is 0.350. The Morgan fingerprint density at radius 1 is 1.26 bits per heavy atom. The van der Waals surface area contributed by atoms with Gasteiger partial charge in [0.1, 0.15) is 11.7 Å². The van der Waals surface area contributed by atoms with Crippen LogP contribution in [0.4, 0.5) is 27.5 Å². The lowest BCUT2D eigenvalue weighted by Crippen LogP contribution is -2.48. The van der Waals surface area contributed by atoms with Gasteiger partial charge in [0.05, 0.1) is 6.04 Å². The summed E-state index contributed by atoms with van der Waals surface area (Å²) in [5.41, 5.74) is 6.35. The molecule has 0 saturated heterocycles. The summed E-state index contributed by atoms with van der Waals surface area (Å²) >= 11 is 0. The van der Waals surface area contributed by atoms with Gasteiger partial charge in [0.2, 0.25) is 5.95 Å². The Bertz CT molecular complexity index is 1140. The number of fused-ring (bicyclic) bond motifs is 1. The number of rotatable bonds is 9. The standard InChI is InChI=1S/C20H24FN7O6/c1-28-11(8-24-15-14(28)17(30)27-20(22)26-15)7-23-10-4-2-9(3-5-10)16(29)25-13(19(33)34)6-12(21)18(31)32/h2-5,11-13,23H,6-8H2,1H3,(H,25,29)(H,31,32)(H,33,34)(H4,22,24,26,27,30)/t11-,12?,13-/m0/s1. The third-order valence-electron chi connectivity index (χ3n) is 5.32. The van der Waals surface area contributed by atoms with Gasteiger partial charge in [0, 0.05) is 37.8 Å². The minimum atomic E-state index is -2.42. The van der Waals surface area contributed by atoms with Crippen molar-refractivity contribution in [3.8, 4) is 0 Å². The Morgan fingerprint density at radius 2 is 1.94 bits per heavy atom. The molecule has 3 rings (SSSR count). The normalized spacial score (nSPS) is 16.5. The molecule has 2 heterocycles. The zero-order valence-electron chi connectivity index (χ0n) is 18.0. The molecule has 0 spiro atoms. The number of aromatic amines is 1. The molecule has 0 bridgehead atoms. The number of carbonyl (C=O) groups excluding carboxylic acids is 1. The van der Waals surface area contributed by atoms with Gasteiger partial charge >= 0.3 is 11.9 Å². The van der Waals surface area contributed by atoms with Crippen LogP contribution in [0.5, 0.6) is 0 Å². The largest absolute Gasteiger partial charge is 0.480 e. The zero-order valence-corrected chi connectivity index (χ0v) is 18.0. The maximum atomic E-state index is 13.4. The Balaban J connectivity index is 1.59. The number of hydrogen-bond donors (Lipinski definition) is 7. The summed E-state index contributed by atoms with van der Waals surface area (Å²) in [5.74, 6) is -3.71. The predicted octanol–water partition coefficient (Wildman–Crippen LogP) is -0.310. The molecule has 0 saturated carbocycles. The predicted molar refractivity (Wildman–Crippen MR) is 121 cm³/mol. The highest BCUT2D eigenvalue weighted by molar-refractivity contribution is 5.97.